The minimum atomic E-state index is -0.101. The van der Waals surface area contributed by atoms with E-state index in [1.807, 2.05) is 43.4 Å². The van der Waals surface area contributed by atoms with E-state index in [0.29, 0.717) is 12.5 Å². The number of amides is 1. The van der Waals surface area contributed by atoms with Gasteiger partial charge in [-0.2, -0.15) is 0 Å². The van der Waals surface area contributed by atoms with Gasteiger partial charge in [-0.15, -0.1) is 12.4 Å². The molecule has 146 valence electrons. The van der Waals surface area contributed by atoms with E-state index in [1.165, 1.54) is 12.8 Å². The summed E-state index contributed by atoms with van der Waals surface area (Å²) in [6, 6.07) is 20.8. The molecular formula is C22H30ClN3O. The monoisotopic (exact) mass is 387 g/mol. The summed E-state index contributed by atoms with van der Waals surface area (Å²) in [5.41, 5.74) is 2.22. The smallest absolute Gasteiger partial charge is 0.222 e. The van der Waals surface area contributed by atoms with Gasteiger partial charge in [0.2, 0.25) is 5.91 Å². The number of carbonyl (C=O) groups excluding carboxylic acids is 1. The van der Waals surface area contributed by atoms with Crippen LogP contribution < -0.4 is 10.6 Å². The maximum Gasteiger partial charge on any atom is 0.222 e. The lowest BCUT2D eigenvalue weighted by molar-refractivity contribution is -0.122. The van der Waals surface area contributed by atoms with Crippen LogP contribution in [0.5, 0.6) is 0 Å². The third-order valence-corrected chi connectivity index (χ3v) is 5.14. The predicted molar refractivity (Wildman–Crippen MR) is 113 cm³/mol. The number of hydrogen-bond donors (Lipinski definition) is 2. The summed E-state index contributed by atoms with van der Waals surface area (Å²) in [5.74, 6) is 0.106. The second-order valence-electron chi connectivity index (χ2n) is 7.00. The van der Waals surface area contributed by atoms with Crippen molar-refractivity contribution < 1.29 is 4.79 Å². The van der Waals surface area contributed by atoms with Crippen LogP contribution in [0.3, 0.4) is 0 Å². The number of halogens is 1. The number of carbonyl (C=O) groups is 1. The van der Waals surface area contributed by atoms with E-state index in [0.717, 1.165) is 30.8 Å². The first kappa shape index (κ1) is 21.4. The topological polar surface area (TPSA) is 44.4 Å². The van der Waals surface area contributed by atoms with Crippen molar-refractivity contribution in [2.45, 2.75) is 31.3 Å². The van der Waals surface area contributed by atoms with Gasteiger partial charge in [0.05, 0.1) is 6.04 Å². The fourth-order valence-electron chi connectivity index (χ4n) is 3.64. The summed E-state index contributed by atoms with van der Waals surface area (Å²) in [7, 11) is 2.02. The molecule has 0 bridgehead atoms. The molecule has 1 aliphatic rings. The van der Waals surface area contributed by atoms with Crippen LogP contribution >= 0.6 is 12.4 Å². The number of benzene rings is 2. The van der Waals surface area contributed by atoms with Crippen LogP contribution in [0.15, 0.2) is 60.7 Å². The molecule has 1 unspecified atom stereocenters. The summed E-state index contributed by atoms with van der Waals surface area (Å²) in [4.78, 5) is 15.0. The van der Waals surface area contributed by atoms with E-state index in [9.17, 15) is 4.79 Å². The molecule has 1 amide bonds. The number of likely N-dealkylation sites (tertiary alicyclic amines) is 1. The van der Waals surface area contributed by atoms with Crippen LogP contribution in [0, 0.1) is 0 Å². The molecule has 1 saturated heterocycles. The highest BCUT2D eigenvalue weighted by Crippen LogP contribution is 2.22. The van der Waals surface area contributed by atoms with Gasteiger partial charge in [-0.3, -0.25) is 4.79 Å². The molecule has 1 heterocycles. The largest absolute Gasteiger partial charge is 0.345 e. The Morgan fingerprint density at radius 1 is 1.07 bits per heavy atom. The lowest BCUT2D eigenvalue weighted by Crippen LogP contribution is -2.45. The van der Waals surface area contributed by atoms with Crippen molar-refractivity contribution in [3.05, 3.63) is 71.8 Å². The first-order valence-corrected chi connectivity index (χ1v) is 9.55. The van der Waals surface area contributed by atoms with Gasteiger partial charge in [-0.1, -0.05) is 60.7 Å². The van der Waals surface area contributed by atoms with Gasteiger partial charge in [-0.05, 0) is 37.6 Å². The molecule has 1 atom stereocenters. The van der Waals surface area contributed by atoms with Crippen LogP contribution in [0.4, 0.5) is 0 Å². The van der Waals surface area contributed by atoms with E-state index in [2.05, 4.69) is 39.8 Å². The maximum atomic E-state index is 12.6. The van der Waals surface area contributed by atoms with Crippen molar-refractivity contribution in [2.75, 3.05) is 26.7 Å². The minimum absolute atomic E-state index is 0. The number of nitrogens with one attached hydrogen (secondary N) is 2. The Morgan fingerprint density at radius 2 is 1.67 bits per heavy atom. The average Bonchev–Trinajstić information content (AvgIpc) is 2.72. The molecule has 0 radical (unpaired) electrons. The molecule has 0 aromatic heterocycles. The zero-order valence-electron chi connectivity index (χ0n) is 15.9. The van der Waals surface area contributed by atoms with Gasteiger partial charge in [0.15, 0.2) is 0 Å². The standard InChI is InChI=1S/C22H29N3O.ClH/c1-23-20-13-8-15-25(17-20)16-14-21(26)24-22(18-9-4-2-5-10-18)19-11-6-3-7-12-19;/h2-7,9-12,20,22-23H,8,13-17H2,1H3,(H,24,26);1H. The Hall–Kier alpha value is -1.88. The highest BCUT2D eigenvalue weighted by Gasteiger charge is 2.20. The number of hydrogen-bond acceptors (Lipinski definition) is 3. The van der Waals surface area contributed by atoms with Crippen molar-refractivity contribution in [3.8, 4) is 0 Å². The molecule has 0 spiro atoms. The van der Waals surface area contributed by atoms with E-state index in [-0.39, 0.29) is 24.4 Å². The Balaban J connectivity index is 0.00000261. The molecule has 5 heteroatoms. The van der Waals surface area contributed by atoms with Crippen LogP contribution in [0.1, 0.15) is 36.4 Å². The van der Waals surface area contributed by atoms with Crippen molar-refractivity contribution >= 4 is 18.3 Å². The van der Waals surface area contributed by atoms with E-state index < -0.39 is 0 Å². The van der Waals surface area contributed by atoms with Crippen LogP contribution in [-0.2, 0) is 4.79 Å². The number of likely N-dealkylation sites (N-methyl/N-ethyl adjacent to an activating group) is 1. The molecule has 0 aliphatic carbocycles. The summed E-state index contributed by atoms with van der Waals surface area (Å²) in [5, 5.41) is 6.59. The third kappa shape index (κ3) is 6.35. The number of rotatable bonds is 7. The molecule has 1 fully saturated rings. The molecule has 2 aromatic carbocycles. The SMILES string of the molecule is CNC1CCCN(CCC(=O)NC(c2ccccc2)c2ccccc2)C1.Cl. The normalized spacial score (nSPS) is 17.3. The van der Waals surface area contributed by atoms with Gasteiger partial charge in [-0.25, -0.2) is 0 Å². The number of piperidine rings is 1. The molecule has 3 rings (SSSR count). The van der Waals surface area contributed by atoms with Crippen molar-refractivity contribution in [3.63, 3.8) is 0 Å². The summed E-state index contributed by atoms with van der Waals surface area (Å²) < 4.78 is 0. The lowest BCUT2D eigenvalue weighted by Gasteiger charge is -2.32. The molecule has 2 aromatic rings. The van der Waals surface area contributed by atoms with Crippen LogP contribution in [0.2, 0.25) is 0 Å². The fraction of sp³-hybridized carbons (Fsp3) is 0.409. The Kier molecular flexibility index (Phi) is 8.79. The molecule has 4 nitrogen and oxygen atoms in total. The first-order valence-electron chi connectivity index (χ1n) is 9.55. The van der Waals surface area contributed by atoms with E-state index in [1.54, 1.807) is 0 Å². The predicted octanol–water partition coefficient (Wildman–Crippen LogP) is 3.39. The van der Waals surface area contributed by atoms with Gasteiger partial charge < -0.3 is 15.5 Å². The summed E-state index contributed by atoms with van der Waals surface area (Å²) in [6.07, 6.45) is 2.96. The molecule has 1 aliphatic heterocycles. The molecule has 2 N–H and O–H groups in total. The van der Waals surface area contributed by atoms with E-state index >= 15 is 0 Å². The Bertz CT molecular complexity index is 641. The molecule has 0 saturated carbocycles. The minimum Gasteiger partial charge on any atom is -0.345 e. The van der Waals surface area contributed by atoms with Crippen molar-refractivity contribution in [1.29, 1.82) is 0 Å². The van der Waals surface area contributed by atoms with Gasteiger partial charge in [0.1, 0.15) is 0 Å². The Labute approximate surface area is 168 Å². The molecule has 27 heavy (non-hydrogen) atoms. The van der Waals surface area contributed by atoms with Crippen LogP contribution in [0.25, 0.3) is 0 Å². The second kappa shape index (κ2) is 11.1. The lowest BCUT2D eigenvalue weighted by atomic mass is 9.98. The van der Waals surface area contributed by atoms with Crippen molar-refractivity contribution in [2.24, 2.45) is 0 Å². The van der Waals surface area contributed by atoms with E-state index in [4.69, 9.17) is 0 Å². The summed E-state index contributed by atoms with van der Waals surface area (Å²) >= 11 is 0. The van der Waals surface area contributed by atoms with Gasteiger partial charge in [0, 0.05) is 25.6 Å². The Morgan fingerprint density at radius 3 is 2.22 bits per heavy atom. The number of nitrogens with zero attached hydrogens (tertiary/aromatic N) is 1. The van der Waals surface area contributed by atoms with Crippen LogP contribution in [-0.4, -0.2) is 43.5 Å². The highest BCUT2D eigenvalue weighted by atomic mass is 35.5. The van der Waals surface area contributed by atoms with Gasteiger partial charge in [0.25, 0.3) is 0 Å². The maximum absolute atomic E-state index is 12.6. The zero-order chi connectivity index (χ0) is 18.2. The zero-order valence-corrected chi connectivity index (χ0v) is 16.8. The van der Waals surface area contributed by atoms with Gasteiger partial charge >= 0.3 is 0 Å². The second-order valence-corrected chi connectivity index (χ2v) is 7.00. The quantitative estimate of drug-likeness (QED) is 0.765. The van der Waals surface area contributed by atoms with Crippen molar-refractivity contribution in [1.82, 2.24) is 15.5 Å². The highest BCUT2D eigenvalue weighted by molar-refractivity contribution is 5.85. The third-order valence-electron chi connectivity index (χ3n) is 5.14. The average molecular weight is 388 g/mol. The fourth-order valence-corrected chi connectivity index (χ4v) is 3.64. The first-order chi connectivity index (χ1) is 12.8. The molecular weight excluding hydrogens is 358 g/mol. The summed E-state index contributed by atoms with van der Waals surface area (Å²) in [6.45, 7) is 2.94.